The summed E-state index contributed by atoms with van der Waals surface area (Å²) in [7, 11) is 0. The number of furan rings is 1. The number of halogens is 3. The summed E-state index contributed by atoms with van der Waals surface area (Å²) in [6.07, 6.45) is -2.97. The molecule has 1 aromatic heterocycles. The highest BCUT2D eigenvalue weighted by molar-refractivity contribution is 5.77. The fourth-order valence-electron chi connectivity index (χ4n) is 2.88. The van der Waals surface area contributed by atoms with E-state index in [1.54, 1.807) is 17.0 Å². The molecule has 7 heteroatoms. The molecule has 128 valence electrons. The lowest BCUT2D eigenvalue weighted by atomic mass is 10.0. The van der Waals surface area contributed by atoms with Crippen molar-refractivity contribution in [2.75, 3.05) is 31.1 Å². The molecular formula is C17H17F3N2O2. The minimum absolute atomic E-state index is 0.00771. The largest absolute Gasteiger partial charge is 0.464 e. The van der Waals surface area contributed by atoms with Crippen LogP contribution in [0.1, 0.15) is 12.5 Å². The van der Waals surface area contributed by atoms with Gasteiger partial charge < -0.3 is 14.2 Å². The van der Waals surface area contributed by atoms with Gasteiger partial charge in [0.1, 0.15) is 5.76 Å². The summed E-state index contributed by atoms with van der Waals surface area (Å²) in [6, 6.07) is 6.96. The van der Waals surface area contributed by atoms with E-state index in [9.17, 15) is 18.0 Å². The molecule has 0 atom stereocenters. The average Bonchev–Trinajstić information content (AvgIpc) is 3.08. The average molecular weight is 338 g/mol. The standard InChI is InChI=1S/C17H17F3N2O2/c1-12(23)21-6-8-22(9-7-21)15-5-4-13(17(18,19)20)11-14(15)16-3-2-10-24-16/h2-5,10-11H,6-9H2,1H3. The number of carbonyl (C=O) groups is 1. The first kappa shape index (κ1) is 16.4. The van der Waals surface area contributed by atoms with Gasteiger partial charge in [-0.1, -0.05) is 0 Å². The van der Waals surface area contributed by atoms with Crippen LogP contribution in [0.3, 0.4) is 0 Å². The van der Waals surface area contributed by atoms with Crippen molar-refractivity contribution < 1.29 is 22.4 Å². The predicted molar refractivity (Wildman–Crippen MR) is 83.6 cm³/mol. The molecule has 0 unspecified atom stereocenters. The molecule has 1 aliphatic heterocycles. The van der Waals surface area contributed by atoms with Crippen LogP contribution >= 0.6 is 0 Å². The lowest BCUT2D eigenvalue weighted by Gasteiger charge is -2.36. The second-order valence-electron chi connectivity index (χ2n) is 5.70. The van der Waals surface area contributed by atoms with Crippen molar-refractivity contribution in [1.82, 2.24) is 4.90 Å². The molecule has 24 heavy (non-hydrogen) atoms. The second kappa shape index (κ2) is 6.22. The SMILES string of the molecule is CC(=O)N1CCN(c2ccc(C(F)(F)F)cc2-c2ccco2)CC1. The van der Waals surface area contributed by atoms with E-state index in [2.05, 4.69) is 0 Å². The molecule has 2 heterocycles. The highest BCUT2D eigenvalue weighted by Crippen LogP contribution is 2.38. The number of benzene rings is 1. The predicted octanol–water partition coefficient (Wildman–Crippen LogP) is 3.63. The van der Waals surface area contributed by atoms with Gasteiger partial charge in [-0.2, -0.15) is 13.2 Å². The lowest BCUT2D eigenvalue weighted by molar-refractivity contribution is -0.137. The number of nitrogens with zero attached hydrogens (tertiary/aromatic N) is 2. The minimum atomic E-state index is -4.41. The Morgan fingerprint density at radius 3 is 2.38 bits per heavy atom. The van der Waals surface area contributed by atoms with Crippen LogP contribution in [-0.4, -0.2) is 37.0 Å². The van der Waals surface area contributed by atoms with Gasteiger partial charge in [0.15, 0.2) is 0 Å². The van der Waals surface area contributed by atoms with E-state index in [1.807, 2.05) is 4.90 Å². The molecule has 4 nitrogen and oxygen atoms in total. The van der Waals surface area contributed by atoms with Crippen LogP contribution < -0.4 is 4.90 Å². The fourth-order valence-corrected chi connectivity index (χ4v) is 2.88. The number of hydrogen-bond acceptors (Lipinski definition) is 3. The lowest BCUT2D eigenvalue weighted by Crippen LogP contribution is -2.48. The Morgan fingerprint density at radius 2 is 1.83 bits per heavy atom. The number of rotatable bonds is 2. The Labute approximate surface area is 137 Å². The maximum Gasteiger partial charge on any atom is 0.416 e. The highest BCUT2D eigenvalue weighted by atomic mass is 19.4. The maximum absolute atomic E-state index is 13.0. The molecule has 0 radical (unpaired) electrons. The molecule has 0 aliphatic carbocycles. The van der Waals surface area contributed by atoms with Crippen LogP contribution in [0.25, 0.3) is 11.3 Å². The third-order valence-corrected chi connectivity index (χ3v) is 4.18. The van der Waals surface area contributed by atoms with Crippen molar-refractivity contribution in [2.24, 2.45) is 0 Å². The van der Waals surface area contributed by atoms with E-state index < -0.39 is 11.7 Å². The molecule has 0 bridgehead atoms. The van der Waals surface area contributed by atoms with Crippen molar-refractivity contribution in [3.63, 3.8) is 0 Å². The first-order valence-corrected chi connectivity index (χ1v) is 7.62. The number of carbonyl (C=O) groups excluding carboxylic acids is 1. The summed E-state index contributed by atoms with van der Waals surface area (Å²) < 4.78 is 44.4. The molecular weight excluding hydrogens is 321 g/mol. The van der Waals surface area contributed by atoms with E-state index >= 15 is 0 Å². The smallest absolute Gasteiger partial charge is 0.416 e. The molecule has 0 saturated carbocycles. The fraction of sp³-hybridized carbons (Fsp3) is 0.353. The summed E-state index contributed by atoms with van der Waals surface area (Å²) in [5.74, 6) is 0.401. The molecule has 1 aliphatic rings. The van der Waals surface area contributed by atoms with Crippen LogP contribution in [0.5, 0.6) is 0 Å². The van der Waals surface area contributed by atoms with Crippen molar-refractivity contribution in [3.05, 3.63) is 42.2 Å². The highest BCUT2D eigenvalue weighted by Gasteiger charge is 2.32. The summed E-state index contributed by atoms with van der Waals surface area (Å²) in [6.45, 7) is 3.75. The van der Waals surface area contributed by atoms with Crippen LogP contribution in [-0.2, 0) is 11.0 Å². The van der Waals surface area contributed by atoms with Crippen molar-refractivity contribution >= 4 is 11.6 Å². The van der Waals surface area contributed by atoms with Gasteiger partial charge in [0.25, 0.3) is 0 Å². The molecule has 1 fully saturated rings. The molecule has 1 amide bonds. The van der Waals surface area contributed by atoms with Crippen molar-refractivity contribution in [3.8, 4) is 11.3 Å². The molecule has 0 spiro atoms. The van der Waals surface area contributed by atoms with Crippen LogP contribution in [0.4, 0.5) is 18.9 Å². The van der Waals surface area contributed by atoms with Crippen LogP contribution in [0.15, 0.2) is 41.0 Å². The molecule has 2 aromatic rings. The topological polar surface area (TPSA) is 36.7 Å². The zero-order chi connectivity index (χ0) is 17.3. The summed E-state index contributed by atoms with van der Waals surface area (Å²) in [5.41, 5.74) is 0.382. The normalized spacial score (nSPS) is 15.7. The van der Waals surface area contributed by atoms with Crippen LogP contribution in [0, 0.1) is 0 Å². The number of amides is 1. The van der Waals surface area contributed by atoms with Crippen molar-refractivity contribution in [1.29, 1.82) is 0 Å². The van der Waals surface area contributed by atoms with Gasteiger partial charge in [0, 0.05) is 44.4 Å². The summed E-state index contributed by atoms with van der Waals surface area (Å²) in [4.78, 5) is 15.1. The number of piperazine rings is 1. The summed E-state index contributed by atoms with van der Waals surface area (Å²) >= 11 is 0. The third-order valence-electron chi connectivity index (χ3n) is 4.18. The van der Waals surface area contributed by atoms with Gasteiger partial charge in [-0.15, -0.1) is 0 Å². The Hall–Kier alpha value is -2.44. The zero-order valence-electron chi connectivity index (χ0n) is 13.1. The van der Waals surface area contributed by atoms with Crippen LogP contribution in [0.2, 0.25) is 0 Å². The zero-order valence-corrected chi connectivity index (χ0v) is 13.1. The van der Waals surface area contributed by atoms with Gasteiger partial charge in [-0.25, -0.2) is 0 Å². The van der Waals surface area contributed by atoms with E-state index in [0.29, 0.717) is 43.2 Å². The Morgan fingerprint density at radius 1 is 1.12 bits per heavy atom. The monoisotopic (exact) mass is 338 g/mol. The van der Waals surface area contributed by atoms with Gasteiger partial charge in [-0.05, 0) is 30.3 Å². The van der Waals surface area contributed by atoms with E-state index in [0.717, 1.165) is 12.1 Å². The Kier molecular flexibility index (Phi) is 4.26. The first-order chi connectivity index (χ1) is 11.4. The molecule has 1 aromatic carbocycles. The molecule has 3 rings (SSSR count). The van der Waals surface area contributed by atoms with E-state index in [-0.39, 0.29) is 5.91 Å². The third kappa shape index (κ3) is 3.25. The molecule has 0 N–H and O–H groups in total. The van der Waals surface area contributed by atoms with E-state index in [1.165, 1.54) is 19.3 Å². The summed E-state index contributed by atoms with van der Waals surface area (Å²) in [5, 5.41) is 0. The van der Waals surface area contributed by atoms with Gasteiger partial charge >= 0.3 is 6.18 Å². The number of hydrogen-bond donors (Lipinski definition) is 0. The van der Waals surface area contributed by atoms with Gasteiger partial charge in [0.05, 0.1) is 11.8 Å². The quantitative estimate of drug-likeness (QED) is 0.839. The Balaban J connectivity index is 1.95. The van der Waals surface area contributed by atoms with Gasteiger partial charge in [0.2, 0.25) is 5.91 Å². The Bertz CT molecular complexity index is 718. The second-order valence-corrected chi connectivity index (χ2v) is 5.70. The first-order valence-electron chi connectivity index (χ1n) is 7.62. The van der Waals surface area contributed by atoms with Crippen molar-refractivity contribution in [2.45, 2.75) is 13.1 Å². The minimum Gasteiger partial charge on any atom is -0.464 e. The van der Waals surface area contributed by atoms with Gasteiger partial charge in [-0.3, -0.25) is 4.79 Å². The maximum atomic E-state index is 13.0. The number of alkyl halides is 3. The molecule has 1 saturated heterocycles. The number of anilines is 1. The van der Waals surface area contributed by atoms with E-state index in [4.69, 9.17) is 4.42 Å².